The topological polar surface area (TPSA) is 43.8 Å². The molecular formula is C15H19N3. The molecule has 1 aromatic carbocycles. The molecule has 0 aliphatic heterocycles. The molecule has 1 aromatic heterocycles. The number of benzene rings is 1. The van der Waals surface area contributed by atoms with Crippen LogP contribution in [0.1, 0.15) is 35.6 Å². The van der Waals surface area contributed by atoms with Crippen LogP contribution in [0.4, 0.5) is 5.82 Å². The zero-order valence-electron chi connectivity index (χ0n) is 11.2. The second kappa shape index (κ2) is 3.87. The first-order valence-electron chi connectivity index (χ1n) is 6.48. The maximum atomic E-state index is 6.25. The number of nitrogen functional groups attached to an aromatic ring is 1. The van der Waals surface area contributed by atoms with Crippen LogP contribution < -0.4 is 5.73 Å². The number of aryl methyl sites for hydroxylation is 3. The monoisotopic (exact) mass is 241 g/mol. The van der Waals surface area contributed by atoms with Gasteiger partial charge in [0.15, 0.2) is 0 Å². The Labute approximate surface area is 108 Å². The molecule has 1 aliphatic carbocycles. The van der Waals surface area contributed by atoms with E-state index in [-0.39, 0.29) is 0 Å². The Bertz CT molecular complexity index is 583. The Kier molecular flexibility index (Phi) is 2.44. The first-order valence-corrected chi connectivity index (χ1v) is 6.48. The number of imidazole rings is 1. The molecule has 0 amide bonds. The summed E-state index contributed by atoms with van der Waals surface area (Å²) in [6.45, 7) is 6.38. The summed E-state index contributed by atoms with van der Waals surface area (Å²) < 4.78 is 2.12. The second-order valence-corrected chi connectivity index (χ2v) is 5.39. The molecule has 18 heavy (non-hydrogen) atoms. The summed E-state index contributed by atoms with van der Waals surface area (Å²) in [5.41, 5.74) is 12.2. The molecule has 1 fully saturated rings. The zero-order chi connectivity index (χ0) is 12.9. The molecule has 1 heterocycles. The van der Waals surface area contributed by atoms with Gasteiger partial charge in [-0.05, 0) is 44.7 Å². The average Bonchev–Trinajstić information content (AvgIpc) is 3.04. The molecule has 0 atom stereocenters. The van der Waals surface area contributed by atoms with Crippen LogP contribution in [0, 0.1) is 20.8 Å². The lowest BCUT2D eigenvalue weighted by molar-refractivity contribution is 0.751. The third kappa shape index (κ3) is 1.70. The van der Waals surface area contributed by atoms with E-state index in [1.165, 1.54) is 35.1 Å². The minimum absolute atomic E-state index is 0.581. The number of hydrogen-bond donors (Lipinski definition) is 1. The van der Waals surface area contributed by atoms with Crippen LogP contribution in [0.2, 0.25) is 0 Å². The lowest BCUT2D eigenvalue weighted by atomic mass is 9.97. The average molecular weight is 241 g/mol. The summed E-state index contributed by atoms with van der Waals surface area (Å²) in [4.78, 5) is 4.54. The summed E-state index contributed by atoms with van der Waals surface area (Å²) in [5.74, 6) is 0.813. The van der Waals surface area contributed by atoms with Gasteiger partial charge in [0.25, 0.3) is 0 Å². The van der Waals surface area contributed by atoms with Gasteiger partial charge in [0, 0.05) is 11.6 Å². The van der Waals surface area contributed by atoms with Gasteiger partial charge in [-0.3, -0.25) is 0 Å². The molecule has 0 bridgehead atoms. The highest BCUT2D eigenvalue weighted by Gasteiger charge is 2.27. The van der Waals surface area contributed by atoms with Crippen molar-refractivity contribution in [2.45, 2.75) is 39.7 Å². The van der Waals surface area contributed by atoms with Gasteiger partial charge in [-0.15, -0.1) is 0 Å². The number of nitrogens with two attached hydrogens (primary N) is 1. The number of hydrogen-bond acceptors (Lipinski definition) is 2. The molecule has 0 spiro atoms. The van der Waals surface area contributed by atoms with Crippen LogP contribution in [-0.4, -0.2) is 9.55 Å². The maximum absolute atomic E-state index is 6.25. The molecule has 3 nitrogen and oxygen atoms in total. The van der Waals surface area contributed by atoms with E-state index in [9.17, 15) is 0 Å². The van der Waals surface area contributed by atoms with Crippen LogP contribution in [0.15, 0.2) is 18.5 Å². The molecule has 0 unspecified atom stereocenters. The second-order valence-electron chi connectivity index (χ2n) is 5.39. The summed E-state index contributed by atoms with van der Waals surface area (Å²) in [6, 6.07) is 4.97. The quantitative estimate of drug-likeness (QED) is 0.875. The smallest absolute Gasteiger partial charge is 0.131 e. The molecule has 1 saturated carbocycles. The normalized spacial score (nSPS) is 15.1. The Morgan fingerprint density at radius 2 is 1.78 bits per heavy atom. The van der Waals surface area contributed by atoms with E-state index in [1.807, 2.05) is 6.33 Å². The lowest BCUT2D eigenvalue weighted by Gasteiger charge is -2.10. The molecule has 0 radical (unpaired) electrons. The van der Waals surface area contributed by atoms with E-state index in [2.05, 4.69) is 42.5 Å². The van der Waals surface area contributed by atoms with Gasteiger partial charge in [-0.1, -0.05) is 17.7 Å². The van der Waals surface area contributed by atoms with Crippen molar-refractivity contribution >= 4 is 5.82 Å². The standard InChI is InChI=1S/C15H19N3/c1-9-6-10(2)13(11(3)7-9)14-15(16)18(8-17-14)12-4-5-12/h6-8,12H,4-5,16H2,1-3H3. The van der Waals surface area contributed by atoms with Gasteiger partial charge in [0.05, 0.1) is 6.33 Å². The van der Waals surface area contributed by atoms with Crippen molar-refractivity contribution in [1.29, 1.82) is 0 Å². The molecule has 1 aliphatic rings. The first kappa shape index (κ1) is 11.3. The highest BCUT2D eigenvalue weighted by molar-refractivity contribution is 5.76. The van der Waals surface area contributed by atoms with E-state index in [1.54, 1.807) is 0 Å². The van der Waals surface area contributed by atoms with Gasteiger partial charge in [-0.25, -0.2) is 4.98 Å². The van der Waals surface area contributed by atoms with Crippen LogP contribution in [0.3, 0.4) is 0 Å². The zero-order valence-corrected chi connectivity index (χ0v) is 11.2. The molecule has 3 rings (SSSR count). The molecule has 94 valence electrons. The first-order chi connectivity index (χ1) is 8.58. The summed E-state index contributed by atoms with van der Waals surface area (Å²) in [5, 5.41) is 0. The molecule has 0 saturated heterocycles. The van der Waals surface area contributed by atoms with Crippen molar-refractivity contribution in [2.75, 3.05) is 5.73 Å². The van der Waals surface area contributed by atoms with Gasteiger partial charge in [0.1, 0.15) is 11.5 Å². The van der Waals surface area contributed by atoms with E-state index in [4.69, 9.17) is 5.73 Å². The number of aromatic nitrogens is 2. The number of nitrogens with zero attached hydrogens (tertiary/aromatic N) is 2. The third-order valence-electron chi connectivity index (χ3n) is 3.69. The van der Waals surface area contributed by atoms with E-state index < -0.39 is 0 Å². The van der Waals surface area contributed by atoms with Crippen LogP contribution >= 0.6 is 0 Å². The lowest BCUT2D eigenvalue weighted by Crippen LogP contribution is -2.00. The van der Waals surface area contributed by atoms with Crippen molar-refractivity contribution < 1.29 is 0 Å². The SMILES string of the molecule is Cc1cc(C)c(-c2ncn(C3CC3)c2N)c(C)c1. The summed E-state index contributed by atoms with van der Waals surface area (Å²) in [7, 11) is 0. The maximum Gasteiger partial charge on any atom is 0.131 e. The van der Waals surface area contributed by atoms with E-state index >= 15 is 0 Å². The van der Waals surface area contributed by atoms with Crippen molar-refractivity contribution in [3.8, 4) is 11.3 Å². The van der Waals surface area contributed by atoms with E-state index in [0.29, 0.717) is 6.04 Å². The van der Waals surface area contributed by atoms with Gasteiger partial charge in [0.2, 0.25) is 0 Å². The largest absolute Gasteiger partial charge is 0.383 e. The van der Waals surface area contributed by atoms with Gasteiger partial charge < -0.3 is 10.3 Å². The van der Waals surface area contributed by atoms with Crippen LogP contribution in [0.5, 0.6) is 0 Å². The Morgan fingerprint density at radius 3 is 2.33 bits per heavy atom. The fourth-order valence-corrected chi connectivity index (χ4v) is 2.76. The molecule has 2 N–H and O–H groups in total. The summed E-state index contributed by atoms with van der Waals surface area (Å²) >= 11 is 0. The highest BCUT2D eigenvalue weighted by atomic mass is 15.2. The molecule has 3 heteroatoms. The fourth-order valence-electron chi connectivity index (χ4n) is 2.76. The Balaban J connectivity index is 2.15. The number of rotatable bonds is 2. The molecule has 2 aromatic rings. The predicted molar refractivity (Wildman–Crippen MR) is 74.6 cm³/mol. The third-order valence-corrected chi connectivity index (χ3v) is 3.69. The van der Waals surface area contributed by atoms with Gasteiger partial charge >= 0.3 is 0 Å². The van der Waals surface area contributed by atoms with Crippen molar-refractivity contribution in [2.24, 2.45) is 0 Å². The van der Waals surface area contributed by atoms with Gasteiger partial charge in [-0.2, -0.15) is 0 Å². The Hall–Kier alpha value is -1.77. The van der Waals surface area contributed by atoms with Crippen LogP contribution in [-0.2, 0) is 0 Å². The number of anilines is 1. The fraction of sp³-hybridized carbons (Fsp3) is 0.400. The molecular weight excluding hydrogens is 222 g/mol. The minimum atomic E-state index is 0.581. The van der Waals surface area contributed by atoms with Crippen molar-refractivity contribution in [3.05, 3.63) is 35.2 Å². The predicted octanol–water partition coefficient (Wildman–Crippen LogP) is 3.39. The minimum Gasteiger partial charge on any atom is -0.383 e. The van der Waals surface area contributed by atoms with Crippen LogP contribution in [0.25, 0.3) is 11.3 Å². The van der Waals surface area contributed by atoms with Crippen molar-refractivity contribution in [3.63, 3.8) is 0 Å². The van der Waals surface area contributed by atoms with Crippen molar-refractivity contribution in [1.82, 2.24) is 9.55 Å². The van der Waals surface area contributed by atoms with E-state index in [0.717, 1.165) is 11.5 Å². The highest BCUT2D eigenvalue weighted by Crippen LogP contribution is 2.40. The Morgan fingerprint density at radius 1 is 1.17 bits per heavy atom. The summed E-state index contributed by atoms with van der Waals surface area (Å²) in [6.07, 6.45) is 4.35.